The number of hydrogen-bond acceptors (Lipinski definition) is 2. The first-order valence-corrected chi connectivity index (χ1v) is 7.50. The third-order valence-corrected chi connectivity index (χ3v) is 3.45. The molecule has 7 heteroatoms. The van der Waals surface area contributed by atoms with E-state index in [9.17, 15) is 8.78 Å². The third kappa shape index (κ3) is 6.75. The Balaban J connectivity index is 4.08. The van der Waals surface area contributed by atoms with Gasteiger partial charge in [-0.25, -0.2) is 0 Å². The average molecular weight is 252 g/mol. The second-order valence-electron chi connectivity index (χ2n) is 2.62. The third-order valence-electron chi connectivity index (χ3n) is 1.11. The van der Waals surface area contributed by atoms with Gasteiger partial charge in [-0.1, -0.05) is 18.7 Å². The summed E-state index contributed by atoms with van der Waals surface area (Å²) in [6.45, 7) is 3.96. The van der Waals surface area contributed by atoms with Gasteiger partial charge in [-0.2, -0.15) is 8.78 Å². The lowest BCUT2D eigenvalue weighted by Gasteiger charge is -2.23. The lowest BCUT2D eigenvalue weighted by atomic mass is 10.5. The number of nitrogens with one attached hydrogen (secondary N) is 1. The molecule has 0 aromatic carbocycles. The highest BCUT2D eigenvalue weighted by atomic mass is 35.5. The van der Waals surface area contributed by atoms with Gasteiger partial charge >= 0.3 is 6.11 Å². The Labute approximate surface area is 87.1 Å². The van der Waals surface area contributed by atoms with Gasteiger partial charge in [-0.15, -0.1) is 11.6 Å². The molecule has 0 aliphatic rings. The molecule has 1 unspecified atom stereocenters. The molecule has 0 saturated carbocycles. The zero-order valence-electron chi connectivity index (χ0n) is 7.52. The molecule has 0 fully saturated rings. The minimum atomic E-state index is -3.33. The second kappa shape index (κ2) is 5.56. The van der Waals surface area contributed by atoms with Gasteiger partial charge in [-0.3, -0.25) is 9.61 Å². The molecule has 80 valence electrons. The van der Waals surface area contributed by atoms with E-state index in [2.05, 4.69) is 9.61 Å². The average Bonchev–Trinajstić information content (AvgIpc) is 1.99. The predicted molar refractivity (Wildman–Crippen MR) is 55.3 cm³/mol. The van der Waals surface area contributed by atoms with Crippen LogP contribution in [0.4, 0.5) is 8.78 Å². The largest absolute Gasteiger partial charge is 0.373 e. The first-order valence-electron chi connectivity index (χ1n) is 3.80. The van der Waals surface area contributed by atoms with Crippen molar-refractivity contribution >= 4 is 29.8 Å². The van der Waals surface area contributed by atoms with Crippen LogP contribution in [0.2, 0.25) is 0 Å². The maximum absolute atomic E-state index is 12.6. The topological polar surface area (TPSA) is 21.3 Å². The van der Waals surface area contributed by atoms with Crippen LogP contribution in [0.1, 0.15) is 13.3 Å². The van der Waals surface area contributed by atoms with Crippen molar-refractivity contribution < 1.29 is 13.3 Å². The summed E-state index contributed by atoms with van der Waals surface area (Å²) in [7, 11) is 0. The maximum Gasteiger partial charge on any atom is 0.373 e. The molecule has 13 heavy (non-hydrogen) atoms. The van der Waals surface area contributed by atoms with Gasteiger partial charge in [0.15, 0.2) is 0 Å². The van der Waals surface area contributed by atoms with Crippen LogP contribution in [-0.2, 0) is 16.3 Å². The summed E-state index contributed by atoms with van der Waals surface area (Å²) in [6.07, 6.45) is -5.10. The van der Waals surface area contributed by atoms with Crippen molar-refractivity contribution in [1.29, 1.82) is 0 Å². The van der Waals surface area contributed by atoms with Gasteiger partial charge in [-0.05, 0) is 6.42 Å². The Morgan fingerprint density at radius 1 is 1.62 bits per heavy atom. The summed E-state index contributed by atoms with van der Waals surface area (Å²) in [5, 5.41) is 2.76. The Morgan fingerprint density at radius 3 is 2.54 bits per heavy atom. The zero-order valence-corrected chi connectivity index (χ0v) is 9.99. The molecule has 0 aromatic heterocycles. The van der Waals surface area contributed by atoms with E-state index in [0.717, 1.165) is 6.42 Å². The Morgan fingerprint density at radius 2 is 2.15 bits per heavy atom. The minimum absolute atomic E-state index is 0.576. The molecule has 0 bridgehead atoms. The fraction of sp³-hybridized carbons (Fsp3) is 1.00. The normalized spacial score (nSPS) is 17.0. The van der Waals surface area contributed by atoms with E-state index in [4.69, 9.17) is 23.4 Å². The van der Waals surface area contributed by atoms with Crippen LogP contribution >= 0.6 is 18.0 Å². The van der Waals surface area contributed by atoms with E-state index >= 15 is 0 Å². The van der Waals surface area contributed by atoms with Crippen molar-refractivity contribution in [2.24, 2.45) is 0 Å². The van der Waals surface area contributed by atoms with Crippen LogP contribution in [0.3, 0.4) is 0 Å². The molecule has 0 saturated heterocycles. The predicted octanol–water partition coefficient (Wildman–Crippen LogP) is 2.77. The van der Waals surface area contributed by atoms with Crippen molar-refractivity contribution in [3.63, 3.8) is 0 Å². The van der Waals surface area contributed by atoms with Gasteiger partial charge in [0.2, 0.25) is 0 Å². The van der Waals surface area contributed by atoms with Gasteiger partial charge in [0.05, 0.1) is 0 Å². The highest BCUT2D eigenvalue weighted by Gasteiger charge is 2.33. The van der Waals surface area contributed by atoms with Gasteiger partial charge in [0.25, 0.3) is 0 Å². The van der Waals surface area contributed by atoms with Crippen LogP contribution in [0, 0.1) is 0 Å². The summed E-state index contributed by atoms with van der Waals surface area (Å²) < 4.78 is 29.7. The molecule has 0 rings (SSSR count). The van der Waals surface area contributed by atoms with Crippen molar-refractivity contribution in [1.82, 2.24) is 5.09 Å². The fourth-order valence-electron chi connectivity index (χ4n) is 0.626. The lowest BCUT2D eigenvalue weighted by Crippen LogP contribution is -2.25. The highest BCUT2D eigenvalue weighted by molar-refractivity contribution is 8.11. The molecule has 0 spiro atoms. The van der Waals surface area contributed by atoms with Crippen molar-refractivity contribution in [3.8, 4) is 0 Å². The fourth-order valence-corrected chi connectivity index (χ4v) is 2.63. The molecule has 0 aliphatic carbocycles. The van der Waals surface area contributed by atoms with Gasteiger partial charge in [0.1, 0.15) is 12.3 Å². The monoisotopic (exact) mass is 251 g/mol. The molecule has 1 atom stereocenters. The number of halogens is 3. The highest BCUT2D eigenvalue weighted by Crippen LogP contribution is 2.44. The van der Waals surface area contributed by atoms with Crippen molar-refractivity contribution in [2.45, 2.75) is 19.5 Å². The minimum Gasteiger partial charge on any atom is -0.274 e. The van der Waals surface area contributed by atoms with E-state index in [1.165, 1.54) is 6.66 Å². The van der Waals surface area contributed by atoms with Crippen molar-refractivity contribution in [2.75, 3.05) is 19.1 Å². The molecule has 1 N–H and O–H groups in total. The van der Waals surface area contributed by atoms with Gasteiger partial charge in [0, 0.05) is 13.2 Å². The van der Waals surface area contributed by atoms with Gasteiger partial charge < -0.3 is 0 Å². The molecule has 0 aromatic rings. The molecular formula is C6H13ClF2NOPS. The SMILES string of the molecule is CCCNP(C)(=S)OC(F)(F)CCl. The molecule has 0 amide bonds. The molecular weight excluding hydrogens is 239 g/mol. The number of alkyl halides is 3. The smallest absolute Gasteiger partial charge is 0.274 e. The van der Waals surface area contributed by atoms with Crippen LogP contribution in [0.25, 0.3) is 0 Å². The lowest BCUT2D eigenvalue weighted by molar-refractivity contribution is -0.150. The Bertz CT molecular complexity index is 205. The van der Waals surface area contributed by atoms with Crippen LogP contribution in [0.15, 0.2) is 0 Å². The molecule has 0 aliphatic heterocycles. The molecule has 0 heterocycles. The van der Waals surface area contributed by atoms with E-state index in [-0.39, 0.29) is 0 Å². The van der Waals surface area contributed by atoms with E-state index in [1.54, 1.807) is 0 Å². The molecule has 2 nitrogen and oxygen atoms in total. The van der Waals surface area contributed by atoms with Crippen LogP contribution < -0.4 is 5.09 Å². The summed E-state index contributed by atoms with van der Waals surface area (Å²) in [4.78, 5) is 0. The van der Waals surface area contributed by atoms with Crippen molar-refractivity contribution in [3.05, 3.63) is 0 Å². The van der Waals surface area contributed by atoms with E-state index in [1.807, 2.05) is 6.92 Å². The van der Waals surface area contributed by atoms with E-state index in [0.29, 0.717) is 6.54 Å². The summed E-state index contributed by atoms with van der Waals surface area (Å²) in [5.74, 6) is -0.868. The van der Waals surface area contributed by atoms with Crippen LogP contribution in [0.5, 0.6) is 0 Å². The molecule has 0 radical (unpaired) electrons. The van der Waals surface area contributed by atoms with Crippen LogP contribution in [-0.4, -0.2) is 25.2 Å². The number of rotatable bonds is 6. The maximum atomic E-state index is 12.6. The first kappa shape index (κ1) is 13.7. The second-order valence-corrected chi connectivity index (χ2v) is 7.16. The summed E-state index contributed by atoms with van der Waals surface area (Å²) in [6, 6.07) is 0. The summed E-state index contributed by atoms with van der Waals surface area (Å²) >= 11 is 9.86. The standard InChI is InChI=1S/C6H13ClF2NOPS/c1-3-4-10-12(2,13)11-6(8,9)5-7/h3-5H2,1-2H3,(H,10,13). The van der Waals surface area contributed by atoms with E-state index < -0.39 is 18.4 Å². The Kier molecular flexibility index (Phi) is 5.87. The zero-order chi connectivity index (χ0) is 10.5. The number of hydrogen-bond donors (Lipinski definition) is 1. The quantitative estimate of drug-likeness (QED) is 0.579. The summed E-state index contributed by atoms with van der Waals surface area (Å²) in [5.41, 5.74) is 0. The Hall–Kier alpha value is 0.720. The first-order chi connectivity index (χ1) is 5.83.